The van der Waals surface area contributed by atoms with Gasteiger partial charge in [-0.25, -0.2) is 4.39 Å². The van der Waals surface area contributed by atoms with Crippen molar-refractivity contribution < 1.29 is 4.39 Å². The van der Waals surface area contributed by atoms with Crippen LogP contribution in [0.4, 0.5) is 10.1 Å². The van der Waals surface area contributed by atoms with Gasteiger partial charge in [0.2, 0.25) is 0 Å². The molecular formula is C15H24FN3. The molecule has 1 aromatic carbocycles. The normalized spacial score (nSPS) is 21.6. The molecule has 2 unspecified atom stereocenters. The second-order valence-electron chi connectivity index (χ2n) is 5.76. The van der Waals surface area contributed by atoms with Crippen LogP contribution in [0.5, 0.6) is 0 Å². The van der Waals surface area contributed by atoms with E-state index in [0.717, 1.165) is 25.3 Å². The van der Waals surface area contributed by atoms with Gasteiger partial charge in [0.05, 0.1) is 0 Å². The maximum atomic E-state index is 13.9. The van der Waals surface area contributed by atoms with Crippen molar-refractivity contribution in [3.05, 3.63) is 29.6 Å². The Bertz CT molecular complexity index is 433. The summed E-state index contributed by atoms with van der Waals surface area (Å²) in [5.41, 5.74) is 7.45. The maximum absolute atomic E-state index is 13.9. The number of halogens is 1. The lowest BCUT2D eigenvalue weighted by Crippen LogP contribution is -2.29. The summed E-state index contributed by atoms with van der Waals surface area (Å²) in [7, 11) is 4.18. The van der Waals surface area contributed by atoms with Gasteiger partial charge in [-0.2, -0.15) is 0 Å². The number of nitrogens with two attached hydrogens (primary N) is 1. The lowest BCUT2D eigenvalue weighted by atomic mass is 10.0. The molecule has 0 spiro atoms. The van der Waals surface area contributed by atoms with E-state index in [0.29, 0.717) is 11.5 Å². The first-order chi connectivity index (χ1) is 8.99. The topological polar surface area (TPSA) is 32.5 Å². The van der Waals surface area contributed by atoms with Crippen molar-refractivity contribution in [3.63, 3.8) is 0 Å². The molecule has 0 aromatic heterocycles. The van der Waals surface area contributed by atoms with Crippen molar-refractivity contribution in [1.29, 1.82) is 0 Å². The Kier molecular flexibility index (Phi) is 4.42. The molecule has 0 aliphatic carbocycles. The Morgan fingerprint density at radius 3 is 2.84 bits per heavy atom. The van der Waals surface area contributed by atoms with E-state index in [1.807, 2.05) is 20.0 Å². The van der Waals surface area contributed by atoms with Crippen molar-refractivity contribution in [2.24, 2.45) is 11.7 Å². The lowest BCUT2D eigenvalue weighted by molar-refractivity contribution is 0.395. The predicted molar refractivity (Wildman–Crippen MR) is 77.9 cm³/mol. The van der Waals surface area contributed by atoms with Gasteiger partial charge in [0.25, 0.3) is 0 Å². The Hall–Kier alpha value is -1.13. The fourth-order valence-corrected chi connectivity index (χ4v) is 2.97. The summed E-state index contributed by atoms with van der Waals surface area (Å²) in [5, 5.41) is 0. The molecule has 0 radical (unpaired) electrons. The first-order valence-corrected chi connectivity index (χ1v) is 6.92. The first kappa shape index (κ1) is 14.3. The number of anilines is 1. The van der Waals surface area contributed by atoms with E-state index in [9.17, 15) is 4.39 Å². The average molecular weight is 265 g/mol. The van der Waals surface area contributed by atoms with Crippen LogP contribution in [0.3, 0.4) is 0 Å². The molecule has 1 aromatic rings. The average Bonchev–Trinajstić information content (AvgIpc) is 2.73. The molecule has 1 fully saturated rings. The minimum absolute atomic E-state index is 0.206. The monoisotopic (exact) mass is 265 g/mol. The number of hydrogen-bond acceptors (Lipinski definition) is 3. The van der Waals surface area contributed by atoms with Gasteiger partial charge < -0.3 is 15.5 Å². The Balaban J connectivity index is 2.14. The fourth-order valence-electron chi connectivity index (χ4n) is 2.97. The largest absolute Gasteiger partial charge is 0.374 e. The second kappa shape index (κ2) is 5.88. The Labute approximate surface area is 115 Å². The molecular weight excluding hydrogens is 241 g/mol. The number of nitrogens with zero attached hydrogens (tertiary/aromatic N) is 2. The van der Waals surface area contributed by atoms with Crippen molar-refractivity contribution in [3.8, 4) is 0 Å². The molecule has 0 bridgehead atoms. The standard InChI is InChI=1S/C15H24FN3/c1-11(17)15-13(16)5-4-6-14(15)19(3)10-12-7-8-18(2)9-12/h4-6,11-12H,7-10,17H2,1-3H3. The van der Waals surface area contributed by atoms with Crippen LogP contribution in [-0.2, 0) is 0 Å². The Morgan fingerprint density at radius 2 is 2.26 bits per heavy atom. The van der Waals surface area contributed by atoms with Gasteiger partial charge in [-0.3, -0.25) is 0 Å². The van der Waals surface area contributed by atoms with Crippen LogP contribution in [0.25, 0.3) is 0 Å². The number of benzene rings is 1. The van der Waals surface area contributed by atoms with E-state index in [4.69, 9.17) is 5.73 Å². The SMILES string of the molecule is CC(N)c1c(F)cccc1N(C)CC1CCN(C)C1. The van der Waals surface area contributed by atoms with E-state index in [1.165, 1.54) is 12.5 Å². The smallest absolute Gasteiger partial charge is 0.130 e. The molecule has 106 valence electrons. The van der Waals surface area contributed by atoms with Crippen LogP contribution in [0.1, 0.15) is 24.9 Å². The van der Waals surface area contributed by atoms with Gasteiger partial charge in [-0.1, -0.05) is 6.07 Å². The van der Waals surface area contributed by atoms with E-state index < -0.39 is 0 Å². The summed E-state index contributed by atoms with van der Waals surface area (Å²) in [6, 6.07) is 4.91. The summed E-state index contributed by atoms with van der Waals surface area (Å²) in [4.78, 5) is 4.49. The highest BCUT2D eigenvalue weighted by molar-refractivity contribution is 5.55. The summed E-state index contributed by atoms with van der Waals surface area (Å²) >= 11 is 0. The van der Waals surface area contributed by atoms with Crippen LogP contribution >= 0.6 is 0 Å². The van der Waals surface area contributed by atoms with Crippen molar-refractivity contribution >= 4 is 5.69 Å². The molecule has 3 nitrogen and oxygen atoms in total. The van der Waals surface area contributed by atoms with Gasteiger partial charge in [0.1, 0.15) is 5.82 Å². The first-order valence-electron chi connectivity index (χ1n) is 6.92. The van der Waals surface area contributed by atoms with Gasteiger partial charge in [-0.05, 0) is 45.0 Å². The molecule has 2 atom stereocenters. The third-order valence-electron chi connectivity index (χ3n) is 3.92. The molecule has 1 saturated heterocycles. The number of rotatable bonds is 4. The molecule has 1 heterocycles. The molecule has 4 heteroatoms. The van der Waals surface area contributed by atoms with Crippen LogP contribution in [0.15, 0.2) is 18.2 Å². The molecule has 2 rings (SSSR count). The van der Waals surface area contributed by atoms with Crippen LogP contribution in [0, 0.1) is 11.7 Å². The van der Waals surface area contributed by atoms with Crippen molar-refractivity contribution in [1.82, 2.24) is 4.90 Å². The van der Waals surface area contributed by atoms with Gasteiger partial charge in [0.15, 0.2) is 0 Å². The summed E-state index contributed by atoms with van der Waals surface area (Å²) in [6.45, 7) is 5.06. The predicted octanol–water partition coefficient (Wildman–Crippen LogP) is 2.23. The quantitative estimate of drug-likeness (QED) is 0.906. The molecule has 1 aliphatic heterocycles. The molecule has 19 heavy (non-hydrogen) atoms. The highest BCUT2D eigenvalue weighted by Gasteiger charge is 2.22. The summed E-state index contributed by atoms with van der Waals surface area (Å²) in [6.07, 6.45) is 1.21. The highest BCUT2D eigenvalue weighted by atomic mass is 19.1. The van der Waals surface area contributed by atoms with E-state index in [1.54, 1.807) is 6.07 Å². The van der Waals surface area contributed by atoms with Gasteiger partial charge in [0, 0.05) is 37.4 Å². The maximum Gasteiger partial charge on any atom is 0.130 e. The highest BCUT2D eigenvalue weighted by Crippen LogP contribution is 2.28. The van der Waals surface area contributed by atoms with Crippen molar-refractivity contribution in [2.75, 3.05) is 38.6 Å². The van der Waals surface area contributed by atoms with E-state index >= 15 is 0 Å². The number of hydrogen-bond donors (Lipinski definition) is 1. The fraction of sp³-hybridized carbons (Fsp3) is 0.600. The van der Waals surface area contributed by atoms with Crippen LogP contribution < -0.4 is 10.6 Å². The van der Waals surface area contributed by atoms with E-state index in [2.05, 4.69) is 16.8 Å². The van der Waals surface area contributed by atoms with Gasteiger partial charge >= 0.3 is 0 Å². The second-order valence-corrected chi connectivity index (χ2v) is 5.76. The van der Waals surface area contributed by atoms with E-state index in [-0.39, 0.29) is 11.9 Å². The third-order valence-corrected chi connectivity index (χ3v) is 3.92. The Morgan fingerprint density at radius 1 is 1.53 bits per heavy atom. The minimum Gasteiger partial charge on any atom is -0.374 e. The van der Waals surface area contributed by atoms with Crippen molar-refractivity contribution in [2.45, 2.75) is 19.4 Å². The molecule has 0 saturated carbocycles. The summed E-state index contributed by atoms with van der Waals surface area (Å²) < 4.78 is 13.9. The molecule has 0 amide bonds. The molecule has 2 N–H and O–H groups in total. The van der Waals surface area contributed by atoms with Crippen LogP contribution in [0.2, 0.25) is 0 Å². The lowest BCUT2D eigenvalue weighted by Gasteiger charge is -2.27. The zero-order valence-corrected chi connectivity index (χ0v) is 12.1. The third kappa shape index (κ3) is 3.25. The minimum atomic E-state index is -0.287. The van der Waals surface area contributed by atoms with Gasteiger partial charge in [-0.15, -0.1) is 0 Å². The van der Waals surface area contributed by atoms with Crippen LogP contribution in [-0.4, -0.2) is 38.6 Å². The molecule has 1 aliphatic rings. The number of likely N-dealkylation sites (tertiary alicyclic amines) is 1. The zero-order valence-electron chi connectivity index (χ0n) is 12.1. The summed E-state index contributed by atoms with van der Waals surface area (Å²) in [5.74, 6) is 0.446. The zero-order chi connectivity index (χ0) is 14.0.